The number of hydrogen-bond donors (Lipinski definition) is 1. The van der Waals surface area contributed by atoms with Gasteiger partial charge in [-0.15, -0.1) is 0 Å². The van der Waals surface area contributed by atoms with Gasteiger partial charge in [-0.25, -0.2) is 18.0 Å². The molecule has 1 aliphatic heterocycles. The molecule has 0 radical (unpaired) electrons. The molecule has 0 aromatic rings. The summed E-state index contributed by atoms with van der Waals surface area (Å²) < 4.78 is 38.5. The topological polar surface area (TPSA) is 32.3 Å². The average molecular weight is 210 g/mol. The lowest BCUT2D eigenvalue weighted by molar-refractivity contribution is -0.0783. The van der Waals surface area contributed by atoms with Crippen molar-refractivity contribution in [1.82, 2.24) is 10.2 Å². The van der Waals surface area contributed by atoms with Crippen LogP contribution in [0.3, 0.4) is 0 Å². The van der Waals surface area contributed by atoms with Crippen molar-refractivity contribution in [3.05, 3.63) is 0 Å². The van der Waals surface area contributed by atoms with Crippen LogP contribution >= 0.6 is 0 Å². The lowest BCUT2D eigenvalue weighted by Crippen LogP contribution is -2.47. The third-order valence-electron chi connectivity index (χ3n) is 2.34. The molecule has 2 amide bonds. The zero-order valence-corrected chi connectivity index (χ0v) is 8.06. The van der Waals surface area contributed by atoms with Gasteiger partial charge in [0.1, 0.15) is 0 Å². The van der Waals surface area contributed by atoms with E-state index >= 15 is 0 Å². The number of hydrogen-bond acceptors (Lipinski definition) is 1. The fraction of sp³-hybridized carbons (Fsp3) is 0.875. The molecular weight excluding hydrogens is 197 g/mol. The second kappa shape index (κ2) is 3.67. The summed E-state index contributed by atoms with van der Waals surface area (Å²) in [6.45, 7) is 2.65. The molecule has 1 heterocycles. The molecular formula is C8H13F3N2O. The fourth-order valence-electron chi connectivity index (χ4n) is 1.21. The summed E-state index contributed by atoms with van der Waals surface area (Å²) in [7, 11) is 0. The summed E-state index contributed by atoms with van der Waals surface area (Å²) in [6.07, 6.45) is -4.75. The largest absolute Gasteiger partial charge is 0.336 e. The van der Waals surface area contributed by atoms with Gasteiger partial charge in [0.15, 0.2) is 6.30 Å². The molecule has 0 aromatic carbocycles. The Morgan fingerprint density at radius 3 is 2.36 bits per heavy atom. The molecule has 14 heavy (non-hydrogen) atoms. The second-order valence-corrected chi connectivity index (χ2v) is 3.88. The lowest BCUT2D eigenvalue weighted by atomic mass is 9.92. The van der Waals surface area contributed by atoms with E-state index in [1.54, 1.807) is 0 Å². The summed E-state index contributed by atoms with van der Waals surface area (Å²) >= 11 is 0. The van der Waals surface area contributed by atoms with Gasteiger partial charge in [0.25, 0.3) is 0 Å². The molecule has 0 aliphatic carbocycles. The van der Waals surface area contributed by atoms with Gasteiger partial charge in [-0.1, -0.05) is 0 Å². The molecule has 0 aromatic heterocycles. The molecule has 1 rings (SSSR count). The Bertz CT molecular complexity index is 233. The smallest absolute Gasteiger partial charge is 0.319 e. The van der Waals surface area contributed by atoms with Crippen LogP contribution in [-0.2, 0) is 0 Å². The summed E-state index contributed by atoms with van der Waals surface area (Å²) in [5, 5.41) is 2.36. The highest BCUT2D eigenvalue weighted by molar-refractivity contribution is 5.76. The first kappa shape index (κ1) is 11.1. The first-order chi connectivity index (χ1) is 6.37. The molecule has 0 bridgehead atoms. The minimum Gasteiger partial charge on any atom is -0.336 e. The molecule has 1 fully saturated rings. The van der Waals surface area contributed by atoms with Gasteiger partial charge in [-0.3, -0.25) is 4.90 Å². The molecule has 1 atom stereocenters. The molecule has 1 saturated heterocycles. The zero-order valence-electron chi connectivity index (χ0n) is 8.06. The van der Waals surface area contributed by atoms with Gasteiger partial charge in [0.2, 0.25) is 6.43 Å². The van der Waals surface area contributed by atoms with Crippen molar-refractivity contribution in [3.8, 4) is 0 Å². The van der Waals surface area contributed by atoms with Gasteiger partial charge < -0.3 is 5.32 Å². The van der Waals surface area contributed by atoms with Crippen LogP contribution < -0.4 is 5.32 Å². The Hall–Kier alpha value is -0.940. The van der Waals surface area contributed by atoms with E-state index in [1.165, 1.54) is 0 Å². The van der Waals surface area contributed by atoms with E-state index in [0.717, 1.165) is 18.7 Å². The van der Waals surface area contributed by atoms with E-state index in [1.807, 2.05) is 0 Å². The minimum atomic E-state index is -2.80. The number of carbonyl (C=O) groups is 1. The maximum atomic E-state index is 13.6. The van der Waals surface area contributed by atoms with E-state index in [9.17, 15) is 18.0 Å². The maximum Gasteiger partial charge on any atom is 0.319 e. The highest BCUT2D eigenvalue weighted by Gasteiger charge is 2.44. The molecule has 0 saturated carbocycles. The molecule has 1 aliphatic rings. The average Bonchev–Trinajstić information content (AvgIpc) is 2.49. The molecule has 1 N–H and O–H groups in total. The van der Waals surface area contributed by atoms with Gasteiger partial charge in [0, 0.05) is 13.1 Å². The number of amides is 2. The first-order valence-electron chi connectivity index (χ1n) is 4.34. The summed E-state index contributed by atoms with van der Waals surface area (Å²) in [5.74, 6) is 0. The number of urea groups is 1. The van der Waals surface area contributed by atoms with E-state index < -0.39 is 24.2 Å². The van der Waals surface area contributed by atoms with Crippen molar-refractivity contribution in [2.45, 2.75) is 26.6 Å². The quantitative estimate of drug-likeness (QED) is 0.705. The van der Waals surface area contributed by atoms with Crippen LogP contribution in [0.1, 0.15) is 13.8 Å². The summed E-state index contributed by atoms with van der Waals surface area (Å²) in [4.78, 5) is 11.8. The van der Waals surface area contributed by atoms with E-state index in [4.69, 9.17) is 0 Å². The Morgan fingerprint density at radius 2 is 2.00 bits per heavy atom. The van der Waals surface area contributed by atoms with Crippen molar-refractivity contribution in [2.24, 2.45) is 5.41 Å². The Kier molecular flexibility index (Phi) is 2.92. The molecule has 6 heteroatoms. The monoisotopic (exact) mass is 210 g/mol. The highest BCUT2D eigenvalue weighted by Crippen LogP contribution is 2.33. The first-order valence-corrected chi connectivity index (χ1v) is 4.34. The predicted octanol–water partition coefficient (Wildman–Crippen LogP) is 1.60. The van der Waals surface area contributed by atoms with Crippen LogP contribution in [0.4, 0.5) is 18.0 Å². The third-order valence-corrected chi connectivity index (χ3v) is 2.34. The fourth-order valence-corrected chi connectivity index (χ4v) is 1.21. The predicted molar refractivity (Wildman–Crippen MR) is 44.8 cm³/mol. The van der Waals surface area contributed by atoms with Crippen molar-refractivity contribution in [2.75, 3.05) is 13.1 Å². The molecule has 3 nitrogen and oxygen atoms in total. The number of carbonyl (C=O) groups excluding carboxylic acids is 1. The van der Waals surface area contributed by atoms with Crippen LogP contribution in [0.5, 0.6) is 0 Å². The highest BCUT2D eigenvalue weighted by atomic mass is 19.3. The number of nitrogens with zero attached hydrogens (tertiary/aromatic N) is 1. The molecule has 82 valence electrons. The number of rotatable bonds is 3. The van der Waals surface area contributed by atoms with Gasteiger partial charge >= 0.3 is 6.03 Å². The Labute approximate surface area is 80.3 Å². The third kappa shape index (κ3) is 1.78. The van der Waals surface area contributed by atoms with Crippen LogP contribution in [0.15, 0.2) is 0 Å². The van der Waals surface area contributed by atoms with Gasteiger partial charge in [-0.2, -0.15) is 0 Å². The SMILES string of the molecule is CC(C)(C(F)F)C(F)N1CCNC1=O. The number of halogens is 3. The van der Waals surface area contributed by atoms with Crippen LogP contribution in [0, 0.1) is 5.41 Å². The summed E-state index contributed by atoms with van der Waals surface area (Å²) in [6, 6.07) is -0.619. The molecule has 0 spiro atoms. The van der Waals surface area contributed by atoms with Crippen LogP contribution in [-0.4, -0.2) is 36.7 Å². The maximum absolute atomic E-state index is 13.6. The summed E-state index contributed by atoms with van der Waals surface area (Å²) in [5.41, 5.74) is -1.83. The van der Waals surface area contributed by atoms with Crippen molar-refractivity contribution in [1.29, 1.82) is 0 Å². The molecule has 1 unspecified atom stereocenters. The van der Waals surface area contributed by atoms with Crippen LogP contribution in [0.25, 0.3) is 0 Å². The van der Waals surface area contributed by atoms with E-state index in [-0.39, 0.29) is 6.54 Å². The van der Waals surface area contributed by atoms with Gasteiger partial charge in [-0.05, 0) is 13.8 Å². The van der Waals surface area contributed by atoms with Crippen molar-refractivity contribution >= 4 is 6.03 Å². The Morgan fingerprint density at radius 1 is 1.43 bits per heavy atom. The van der Waals surface area contributed by atoms with Crippen LogP contribution in [0.2, 0.25) is 0 Å². The Balaban J connectivity index is 2.73. The number of alkyl halides is 3. The second-order valence-electron chi connectivity index (χ2n) is 3.88. The number of nitrogens with one attached hydrogen (secondary N) is 1. The van der Waals surface area contributed by atoms with E-state index in [2.05, 4.69) is 5.32 Å². The standard InChI is InChI=1S/C8H13F3N2O/c1-8(2,5(9)10)6(11)13-4-3-12-7(13)14/h5-6H,3-4H2,1-2H3,(H,12,14). The normalized spacial score (nSPS) is 20.1. The van der Waals surface area contributed by atoms with Crippen molar-refractivity contribution in [3.63, 3.8) is 0 Å². The van der Waals surface area contributed by atoms with Crippen molar-refractivity contribution < 1.29 is 18.0 Å². The zero-order chi connectivity index (χ0) is 10.9. The lowest BCUT2D eigenvalue weighted by Gasteiger charge is -2.32. The van der Waals surface area contributed by atoms with Gasteiger partial charge in [0.05, 0.1) is 5.41 Å². The van der Waals surface area contributed by atoms with E-state index in [0.29, 0.717) is 6.54 Å². The minimum absolute atomic E-state index is 0.135.